The maximum absolute atomic E-state index is 12.4. The summed E-state index contributed by atoms with van der Waals surface area (Å²) in [7, 11) is 0. The molecule has 6 nitrogen and oxygen atoms in total. The Morgan fingerprint density at radius 2 is 1.50 bits per heavy atom. The smallest absolute Gasteiger partial charge is 0.317 e. The lowest BCUT2D eigenvalue weighted by atomic mass is 9.95. The van der Waals surface area contributed by atoms with Gasteiger partial charge in [-0.05, 0) is 44.4 Å². The third-order valence-corrected chi connectivity index (χ3v) is 6.25. The van der Waals surface area contributed by atoms with Gasteiger partial charge in [-0.1, -0.05) is 25.7 Å². The van der Waals surface area contributed by atoms with Crippen LogP contribution < -0.4 is 16.4 Å². The number of hydrogen-bond acceptors (Lipinski definition) is 3. The van der Waals surface area contributed by atoms with Crippen molar-refractivity contribution in [2.24, 2.45) is 11.7 Å². The van der Waals surface area contributed by atoms with E-state index < -0.39 is 0 Å². The van der Waals surface area contributed by atoms with Crippen molar-refractivity contribution in [3.05, 3.63) is 0 Å². The molecule has 3 rings (SSSR count). The molecule has 0 spiro atoms. The molecule has 2 aliphatic carbocycles. The van der Waals surface area contributed by atoms with Gasteiger partial charge in [-0.3, -0.25) is 4.79 Å². The van der Waals surface area contributed by atoms with Crippen LogP contribution in [0.1, 0.15) is 70.6 Å². The molecule has 1 heterocycles. The second kappa shape index (κ2) is 10.4. The average Bonchev–Trinajstić information content (AvgIpc) is 3.01. The first-order chi connectivity index (χ1) is 12.1. The number of likely N-dealkylation sites (tertiary alicyclic amines) is 1. The van der Waals surface area contributed by atoms with Gasteiger partial charge in [-0.25, -0.2) is 4.79 Å². The molecule has 3 amide bonds. The minimum atomic E-state index is 0. The van der Waals surface area contributed by atoms with E-state index in [1.54, 1.807) is 0 Å². The summed E-state index contributed by atoms with van der Waals surface area (Å²) in [4.78, 5) is 26.5. The first kappa shape index (κ1) is 21.3. The summed E-state index contributed by atoms with van der Waals surface area (Å²) >= 11 is 0. The van der Waals surface area contributed by atoms with Crippen LogP contribution in [0.5, 0.6) is 0 Å². The number of carbonyl (C=O) groups excluding carboxylic acids is 2. The number of nitrogens with zero attached hydrogens (tertiary/aromatic N) is 1. The lowest BCUT2D eigenvalue weighted by molar-refractivity contribution is -0.123. The van der Waals surface area contributed by atoms with Crippen LogP contribution in [0, 0.1) is 5.92 Å². The van der Waals surface area contributed by atoms with Gasteiger partial charge in [0, 0.05) is 37.6 Å². The molecule has 0 aromatic carbocycles. The number of rotatable bonds is 4. The van der Waals surface area contributed by atoms with Crippen LogP contribution in [0.25, 0.3) is 0 Å². The van der Waals surface area contributed by atoms with Crippen LogP contribution in [0.15, 0.2) is 0 Å². The Morgan fingerprint density at radius 1 is 0.846 bits per heavy atom. The van der Waals surface area contributed by atoms with Crippen molar-refractivity contribution in [3.63, 3.8) is 0 Å². The highest BCUT2D eigenvalue weighted by atomic mass is 35.5. The average molecular weight is 387 g/mol. The molecular weight excluding hydrogens is 352 g/mol. The van der Waals surface area contributed by atoms with Crippen LogP contribution in [0.4, 0.5) is 4.79 Å². The Kier molecular flexibility index (Phi) is 8.48. The first-order valence-corrected chi connectivity index (χ1v) is 10.2. The molecule has 0 radical (unpaired) electrons. The standard InChI is InChI=1S/C19H34N4O2.ClH/c20-17-8-4-5-14(17)13-18(24)21-16-9-11-23(12-10-16)19(25)22-15-6-2-1-3-7-15;/h14-17H,1-13,20H2,(H,21,24)(H,22,25);1H/t14-,17+;/m0./s1. The van der Waals surface area contributed by atoms with E-state index in [1.807, 2.05) is 4.90 Å². The Morgan fingerprint density at radius 3 is 2.12 bits per heavy atom. The van der Waals surface area contributed by atoms with E-state index in [-0.39, 0.29) is 36.4 Å². The number of carbonyl (C=O) groups is 2. The van der Waals surface area contributed by atoms with E-state index in [0.717, 1.165) is 58.0 Å². The van der Waals surface area contributed by atoms with Crippen LogP contribution in [0.2, 0.25) is 0 Å². The second-order valence-corrected chi connectivity index (χ2v) is 8.17. The normalized spacial score (nSPS) is 27.7. The Bertz CT molecular complexity index is 462. The van der Waals surface area contributed by atoms with Crippen molar-refractivity contribution in [1.82, 2.24) is 15.5 Å². The summed E-state index contributed by atoms with van der Waals surface area (Å²) in [6.07, 6.45) is 11.5. The fourth-order valence-electron chi connectivity index (χ4n) is 4.58. The Labute approximate surface area is 163 Å². The Hall–Kier alpha value is -1.01. The molecule has 2 atom stereocenters. The molecule has 4 N–H and O–H groups in total. The van der Waals surface area contributed by atoms with E-state index in [9.17, 15) is 9.59 Å². The van der Waals surface area contributed by atoms with Gasteiger partial charge < -0.3 is 21.3 Å². The van der Waals surface area contributed by atoms with Crippen molar-refractivity contribution >= 4 is 24.3 Å². The molecule has 1 aliphatic heterocycles. The van der Waals surface area contributed by atoms with Gasteiger partial charge in [-0.2, -0.15) is 0 Å². The molecule has 0 aromatic heterocycles. The van der Waals surface area contributed by atoms with Gasteiger partial charge in [-0.15, -0.1) is 12.4 Å². The number of urea groups is 1. The molecule has 3 aliphatic rings. The van der Waals surface area contributed by atoms with Crippen LogP contribution in [-0.2, 0) is 4.79 Å². The highest BCUT2D eigenvalue weighted by Gasteiger charge is 2.29. The van der Waals surface area contributed by atoms with E-state index in [1.165, 1.54) is 19.3 Å². The number of nitrogens with one attached hydrogen (secondary N) is 2. The maximum atomic E-state index is 12.4. The fraction of sp³-hybridized carbons (Fsp3) is 0.895. The highest BCUT2D eigenvalue weighted by Crippen LogP contribution is 2.27. The SMILES string of the molecule is Cl.N[C@@H]1CCC[C@H]1CC(=O)NC1CCN(C(=O)NC2CCCCC2)CC1. The summed E-state index contributed by atoms with van der Waals surface area (Å²) in [5, 5.41) is 6.34. The zero-order valence-corrected chi connectivity index (χ0v) is 16.6. The first-order valence-electron chi connectivity index (χ1n) is 10.2. The maximum Gasteiger partial charge on any atom is 0.317 e. The minimum absolute atomic E-state index is 0. The van der Waals surface area contributed by atoms with Gasteiger partial charge in [0.15, 0.2) is 0 Å². The molecule has 7 heteroatoms. The summed E-state index contributed by atoms with van der Waals surface area (Å²) in [6.45, 7) is 1.46. The fourth-order valence-corrected chi connectivity index (χ4v) is 4.58. The van der Waals surface area contributed by atoms with Crippen molar-refractivity contribution in [1.29, 1.82) is 0 Å². The molecule has 2 saturated carbocycles. The van der Waals surface area contributed by atoms with E-state index in [0.29, 0.717) is 18.4 Å². The second-order valence-electron chi connectivity index (χ2n) is 8.17. The summed E-state index contributed by atoms with van der Waals surface area (Å²) in [6, 6.07) is 0.822. The van der Waals surface area contributed by atoms with Crippen LogP contribution >= 0.6 is 12.4 Å². The molecular formula is C19H35ClN4O2. The number of piperidine rings is 1. The van der Waals surface area contributed by atoms with E-state index in [4.69, 9.17) is 5.73 Å². The third-order valence-electron chi connectivity index (χ3n) is 6.25. The quantitative estimate of drug-likeness (QED) is 0.693. The molecule has 26 heavy (non-hydrogen) atoms. The molecule has 0 bridgehead atoms. The van der Waals surface area contributed by atoms with Crippen molar-refractivity contribution in [3.8, 4) is 0 Å². The van der Waals surface area contributed by atoms with E-state index in [2.05, 4.69) is 10.6 Å². The van der Waals surface area contributed by atoms with E-state index >= 15 is 0 Å². The number of nitrogens with two attached hydrogens (primary N) is 1. The zero-order chi connectivity index (χ0) is 17.6. The minimum Gasteiger partial charge on any atom is -0.353 e. The van der Waals surface area contributed by atoms with Crippen LogP contribution in [-0.4, -0.2) is 48.1 Å². The Balaban J connectivity index is 0.00000243. The topological polar surface area (TPSA) is 87.5 Å². The van der Waals surface area contributed by atoms with Crippen molar-refractivity contribution in [2.75, 3.05) is 13.1 Å². The molecule has 0 aromatic rings. The predicted octanol–water partition coefficient (Wildman–Crippen LogP) is 2.55. The lowest BCUT2D eigenvalue weighted by Crippen LogP contribution is -2.51. The summed E-state index contributed by atoms with van der Waals surface area (Å²) in [5.41, 5.74) is 6.06. The van der Waals surface area contributed by atoms with Crippen LogP contribution in [0.3, 0.4) is 0 Å². The molecule has 3 fully saturated rings. The highest BCUT2D eigenvalue weighted by molar-refractivity contribution is 5.85. The molecule has 150 valence electrons. The lowest BCUT2D eigenvalue weighted by Gasteiger charge is -2.34. The molecule has 1 saturated heterocycles. The number of amides is 3. The number of halogens is 1. The van der Waals surface area contributed by atoms with Crippen molar-refractivity contribution in [2.45, 2.75) is 88.8 Å². The number of hydrogen-bond donors (Lipinski definition) is 3. The van der Waals surface area contributed by atoms with Gasteiger partial charge in [0.05, 0.1) is 0 Å². The predicted molar refractivity (Wildman–Crippen MR) is 105 cm³/mol. The monoisotopic (exact) mass is 386 g/mol. The summed E-state index contributed by atoms with van der Waals surface area (Å²) in [5.74, 6) is 0.480. The van der Waals surface area contributed by atoms with Gasteiger partial charge >= 0.3 is 6.03 Å². The van der Waals surface area contributed by atoms with Gasteiger partial charge in [0.1, 0.15) is 0 Å². The van der Waals surface area contributed by atoms with Gasteiger partial charge in [0.2, 0.25) is 5.91 Å². The zero-order valence-electron chi connectivity index (χ0n) is 15.8. The van der Waals surface area contributed by atoms with Gasteiger partial charge in [0.25, 0.3) is 0 Å². The summed E-state index contributed by atoms with van der Waals surface area (Å²) < 4.78 is 0. The van der Waals surface area contributed by atoms with Crippen molar-refractivity contribution < 1.29 is 9.59 Å². The largest absolute Gasteiger partial charge is 0.353 e. The molecule has 0 unspecified atom stereocenters. The third kappa shape index (κ3) is 6.02.